The molecule has 0 aromatic carbocycles. The highest BCUT2D eigenvalue weighted by Crippen LogP contribution is 2.24. The van der Waals surface area contributed by atoms with Crippen molar-refractivity contribution < 1.29 is 8.42 Å². The van der Waals surface area contributed by atoms with Crippen molar-refractivity contribution in [1.29, 1.82) is 0 Å². The third-order valence-electron chi connectivity index (χ3n) is 3.67. The average Bonchev–Trinajstić information content (AvgIpc) is 2.76. The number of nitrogens with zero attached hydrogens (tertiary/aromatic N) is 1. The Kier molecular flexibility index (Phi) is 4.93. The third kappa shape index (κ3) is 4.28. The van der Waals surface area contributed by atoms with Crippen LogP contribution in [0.1, 0.15) is 25.3 Å². The van der Waals surface area contributed by atoms with E-state index in [0.717, 1.165) is 25.8 Å². The van der Waals surface area contributed by atoms with Gasteiger partial charge in [0, 0.05) is 18.4 Å². The summed E-state index contributed by atoms with van der Waals surface area (Å²) in [5.74, 6) is 0.903. The Bertz CT molecular complexity index is 487. The molecule has 1 aromatic heterocycles. The molecule has 1 aliphatic heterocycles. The number of pyridine rings is 1. The summed E-state index contributed by atoms with van der Waals surface area (Å²) in [6.07, 6.45) is 6.32. The zero-order chi connectivity index (χ0) is 13.7. The lowest BCUT2D eigenvalue weighted by Crippen LogP contribution is -2.39. The van der Waals surface area contributed by atoms with Crippen molar-refractivity contribution >= 4 is 9.84 Å². The highest BCUT2D eigenvalue weighted by molar-refractivity contribution is 7.91. The van der Waals surface area contributed by atoms with Crippen LogP contribution in [0.2, 0.25) is 0 Å². The van der Waals surface area contributed by atoms with Crippen molar-refractivity contribution in [2.75, 3.05) is 18.1 Å². The normalized spacial score (nSPS) is 23.3. The summed E-state index contributed by atoms with van der Waals surface area (Å²) in [5.41, 5.74) is 1.17. The summed E-state index contributed by atoms with van der Waals surface area (Å²) in [6, 6.07) is 4.22. The molecule has 1 aliphatic rings. The van der Waals surface area contributed by atoms with E-state index in [9.17, 15) is 8.42 Å². The van der Waals surface area contributed by atoms with E-state index in [-0.39, 0.29) is 12.0 Å². The SMILES string of the molecule is CCCNC(Cc1cccnc1)C1CCS(=O)(=O)C1. The van der Waals surface area contributed by atoms with Crippen LogP contribution in [0.5, 0.6) is 0 Å². The summed E-state index contributed by atoms with van der Waals surface area (Å²) in [7, 11) is -2.81. The standard InChI is InChI=1S/C14H22N2O2S/c1-2-6-16-14(9-12-4-3-7-15-10-12)13-5-8-19(17,18)11-13/h3-4,7,10,13-14,16H,2,5-6,8-9,11H2,1H3. The summed E-state index contributed by atoms with van der Waals surface area (Å²) in [4.78, 5) is 4.13. The Morgan fingerprint density at radius 3 is 2.95 bits per heavy atom. The van der Waals surface area contributed by atoms with E-state index in [0.29, 0.717) is 11.5 Å². The Labute approximate surface area is 115 Å². The Morgan fingerprint density at radius 2 is 2.37 bits per heavy atom. The second-order valence-electron chi connectivity index (χ2n) is 5.29. The number of hydrogen-bond donors (Lipinski definition) is 1. The zero-order valence-electron chi connectivity index (χ0n) is 11.4. The van der Waals surface area contributed by atoms with Crippen molar-refractivity contribution in [2.24, 2.45) is 5.92 Å². The first-order valence-corrected chi connectivity index (χ1v) is 8.75. The number of nitrogens with one attached hydrogen (secondary N) is 1. The summed E-state index contributed by atoms with van der Waals surface area (Å²) >= 11 is 0. The van der Waals surface area contributed by atoms with E-state index in [4.69, 9.17) is 0 Å². The minimum absolute atomic E-state index is 0.233. The maximum atomic E-state index is 11.6. The van der Waals surface area contributed by atoms with Gasteiger partial charge in [0.15, 0.2) is 9.84 Å². The lowest BCUT2D eigenvalue weighted by molar-refractivity contribution is 0.379. The van der Waals surface area contributed by atoms with Crippen LogP contribution in [0.4, 0.5) is 0 Å². The van der Waals surface area contributed by atoms with Crippen LogP contribution in [-0.2, 0) is 16.3 Å². The highest BCUT2D eigenvalue weighted by atomic mass is 32.2. The van der Waals surface area contributed by atoms with Gasteiger partial charge >= 0.3 is 0 Å². The number of rotatable bonds is 6. The topological polar surface area (TPSA) is 59.1 Å². The molecule has 2 atom stereocenters. The zero-order valence-corrected chi connectivity index (χ0v) is 12.2. The van der Waals surface area contributed by atoms with Crippen LogP contribution >= 0.6 is 0 Å². The van der Waals surface area contributed by atoms with Crippen LogP contribution in [0.25, 0.3) is 0 Å². The highest BCUT2D eigenvalue weighted by Gasteiger charge is 2.33. The average molecular weight is 282 g/mol. The largest absolute Gasteiger partial charge is 0.313 e. The van der Waals surface area contributed by atoms with Crippen LogP contribution in [0.3, 0.4) is 0 Å². The van der Waals surface area contributed by atoms with Gasteiger partial charge in [-0.1, -0.05) is 13.0 Å². The monoisotopic (exact) mass is 282 g/mol. The lowest BCUT2D eigenvalue weighted by Gasteiger charge is -2.24. The van der Waals surface area contributed by atoms with Gasteiger partial charge in [-0.3, -0.25) is 4.98 Å². The third-order valence-corrected chi connectivity index (χ3v) is 5.47. The van der Waals surface area contributed by atoms with Crippen molar-refractivity contribution in [3.05, 3.63) is 30.1 Å². The smallest absolute Gasteiger partial charge is 0.150 e. The number of hydrogen-bond acceptors (Lipinski definition) is 4. The van der Waals surface area contributed by atoms with Gasteiger partial charge in [-0.2, -0.15) is 0 Å². The van der Waals surface area contributed by atoms with Crippen LogP contribution in [-0.4, -0.2) is 37.5 Å². The van der Waals surface area contributed by atoms with Gasteiger partial charge < -0.3 is 5.32 Å². The molecule has 4 nitrogen and oxygen atoms in total. The van der Waals surface area contributed by atoms with Gasteiger partial charge in [0.05, 0.1) is 11.5 Å². The molecule has 0 radical (unpaired) electrons. The van der Waals surface area contributed by atoms with Gasteiger partial charge in [0.1, 0.15) is 0 Å². The molecule has 106 valence electrons. The summed E-state index contributed by atoms with van der Waals surface area (Å²) < 4.78 is 23.3. The molecule has 0 spiro atoms. The summed E-state index contributed by atoms with van der Waals surface area (Å²) in [5, 5.41) is 3.51. The van der Waals surface area contributed by atoms with E-state index < -0.39 is 9.84 Å². The maximum Gasteiger partial charge on any atom is 0.150 e. The second kappa shape index (κ2) is 6.48. The fourth-order valence-electron chi connectivity index (χ4n) is 2.65. The van der Waals surface area contributed by atoms with Gasteiger partial charge in [-0.15, -0.1) is 0 Å². The number of sulfone groups is 1. The minimum atomic E-state index is -2.81. The predicted octanol–water partition coefficient (Wildman–Crippen LogP) is 1.43. The van der Waals surface area contributed by atoms with Crippen molar-refractivity contribution in [3.63, 3.8) is 0 Å². The van der Waals surface area contributed by atoms with E-state index in [1.165, 1.54) is 5.56 Å². The Morgan fingerprint density at radius 1 is 1.53 bits per heavy atom. The molecular formula is C14H22N2O2S. The van der Waals surface area contributed by atoms with E-state index >= 15 is 0 Å². The first kappa shape index (κ1) is 14.5. The molecule has 1 aromatic rings. The van der Waals surface area contributed by atoms with E-state index in [2.05, 4.69) is 23.3 Å². The molecule has 0 aliphatic carbocycles. The predicted molar refractivity (Wildman–Crippen MR) is 76.8 cm³/mol. The van der Waals surface area contributed by atoms with Crippen molar-refractivity contribution in [2.45, 2.75) is 32.2 Å². The van der Waals surface area contributed by atoms with Gasteiger partial charge in [-0.25, -0.2) is 8.42 Å². The van der Waals surface area contributed by atoms with Crippen molar-refractivity contribution in [1.82, 2.24) is 10.3 Å². The van der Waals surface area contributed by atoms with Crippen LogP contribution < -0.4 is 5.32 Å². The van der Waals surface area contributed by atoms with E-state index in [1.54, 1.807) is 6.20 Å². The van der Waals surface area contributed by atoms with Crippen molar-refractivity contribution in [3.8, 4) is 0 Å². The van der Waals surface area contributed by atoms with Gasteiger partial charge in [-0.05, 0) is 43.4 Å². The first-order chi connectivity index (χ1) is 9.11. The molecule has 0 bridgehead atoms. The van der Waals surface area contributed by atoms with Gasteiger partial charge in [0.25, 0.3) is 0 Å². The molecule has 1 saturated heterocycles. The molecule has 2 unspecified atom stereocenters. The molecule has 1 fully saturated rings. The molecule has 1 N–H and O–H groups in total. The first-order valence-electron chi connectivity index (χ1n) is 6.93. The quantitative estimate of drug-likeness (QED) is 0.857. The fourth-order valence-corrected chi connectivity index (χ4v) is 4.53. The number of aromatic nitrogens is 1. The molecule has 0 amide bonds. The van der Waals surface area contributed by atoms with E-state index in [1.807, 2.05) is 12.3 Å². The molecular weight excluding hydrogens is 260 g/mol. The molecule has 2 heterocycles. The second-order valence-corrected chi connectivity index (χ2v) is 7.52. The molecule has 19 heavy (non-hydrogen) atoms. The summed E-state index contributed by atoms with van der Waals surface area (Å²) in [6.45, 7) is 3.06. The maximum absolute atomic E-state index is 11.6. The minimum Gasteiger partial charge on any atom is -0.313 e. The van der Waals surface area contributed by atoms with Crippen LogP contribution in [0, 0.1) is 5.92 Å². The fraction of sp³-hybridized carbons (Fsp3) is 0.643. The Hall–Kier alpha value is -0.940. The molecule has 5 heteroatoms. The lowest BCUT2D eigenvalue weighted by atomic mass is 9.93. The van der Waals surface area contributed by atoms with Crippen LogP contribution in [0.15, 0.2) is 24.5 Å². The molecule has 2 rings (SSSR count). The molecule has 0 saturated carbocycles. The Balaban J connectivity index is 2.04. The van der Waals surface area contributed by atoms with Gasteiger partial charge in [0.2, 0.25) is 0 Å².